The van der Waals surface area contributed by atoms with Crippen LogP contribution >= 0.6 is 0 Å². The maximum atomic E-state index is 12.9. The van der Waals surface area contributed by atoms with Gasteiger partial charge in [-0.2, -0.15) is 4.39 Å². The van der Waals surface area contributed by atoms with Gasteiger partial charge in [0.2, 0.25) is 23.1 Å². The van der Waals surface area contributed by atoms with Crippen molar-refractivity contribution in [2.75, 3.05) is 6.67 Å². The minimum atomic E-state index is -1.93. The SMILES string of the molecule is O=C(CF)c1c(O)c(O)c(O)c(F)c1F. The predicted molar refractivity (Wildman–Crippen MR) is 41.7 cm³/mol. The minimum absolute atomic E-state index is 1.33. The second-order valence-corrected chi connectivity index (χ2v) is 2.61. The van der Waals surface area contributed by atoms with E-state index >= 15 is 0 Å². The fourth-order valence-corrected chi connectivity index (χ4v) is 0.973. The third-order valence-electron chi connectivity index (χ3n) is 1.71. The van der Waals surface area contributed by atoms with Gasteiger partial charge in [-0.3, -0.25) is 4.79 Å². The lowest BCUT2D eigenvalue weighted by Crippen LogP contribution is -2.07. The van der Waals surface area contributed by atoms with Crippen LogP contribution in [0.5, 0.6) is 17.2 Å². The van der Waals surface area contributed by atoms with Crippen molar-refractivity contribution in [3.8, 4) is 17.2 Å². The van der Waals surface area contributed by atoms with Gasteiger partial charge in [-0.25, -0.2) is 8.78 Å². The molecule has 1 aromatic carbocycles. The Morgan fingerprint density at radius 2 is 1.53 bits per heavy atom. The van der Waals surface area contributed by atoms with Crippen molar-refractivity contribution in [2.45, 2.75) is 0 Å². The van der Waals surface area contributed by atoms with E-state index in [-0.39, 0.29) is 0 Å². The second kappa shape index (κ2) is 3.68. The molecule has 7 heteroatoms. The van der Waals surface area contributed by atoms with Crippen molar-refractivity contribution in [3.63, 3.8) is 0 Å². The third kappa shape index (κ3) is 1.56. The van der Waals surface area contributed by atoms with Crippen LogP contribution < -0.4 is 0 Å². The average Bonchev–Trinajstić information content (AvgIpc) is 2.23. The standard InChI is InChI=1S/C8H5F3O4/c9-1-2(12)3-4(10)5(11)7(14)8(15)6(3)13/h13-15H,1H2. The van der Waals surface area contributed by atoms with E-state index in [1.807, 2.05) is 0 Å². The molecule has 0 aliphatic carbocycles. The predicted octanol–water partition coefficient (Wildman–Crippen LogP) is 1.23. The normalized spacial score (nSPS) is 10.3. The lowest BCUT2D eigenvalue weighted by atomic mass is 10.1. The molecule has 0 spiro atoms. The molecule has 15 heavy (non-hydrogen) atoms. The number of ketones is 1. The van der Waals surface area contributed by atoms with Gasteiger partial charge in [-0.1, -0.05) is 0 Å². The molecule has 0 bridgehead atoms. The molecule has 0 aliphatic rings. The molecule has 0 atom stereocenters. The Labute approximate surface area is 81.2 Å². The summed E-state index contributed by atoms with van der Waals surface area (Å²) in [4.78, 5) is 10.7. The van der Waals surface area contributed by atoms with Crippen molar-refractivity contribution in [1.29, 1.82) is 0 Å². The van der Waals surface area contributed by atoms with E-state index in [4.69, 9.17) is 15.3 Å². The molecule has 0 saturated carbocycles. The third-order valence-corrected chi connectivity index (χ3v) is 1.71. The molecule has 1 rings (SSSR count). The monoisotopic (exact) mass is 222 g/mol. The molecule has 82 valence electrons. The summed E-state index contributed by atoms with van der Waals surface area (Å²) in [6.07, 6.45) is 0. The zero-order chi connectivity index (χ0) is 11.7. The lowest BCUT2D eigenvalue weighted by Gasteiger charge is -2.07. The highest BCUT2D eigenvalue weighted by Gasteiger charge is 2.28. The Bertz CT molecular complexity index is 401. The highest BCUT2D eigenvalue weighted by Crippen LogP contribution is 2.41. The van der Waals surface area contributed by atoms with E-state index in [2.05, 4.69) is 0 Å². The molecular formula is C8H5F3O4. The summed E-state index contributed by atoms with van der Waals surface area (Å²) in [5.41, 5.74) is -1.33. The molecule has 0 heterocycles. The van der Waals surface area contributed by atoms with Crippen LogP contribution in [0.2, 0.25) is 0 Å². The van der Waals surface area contributed by atoms with E-state index in [1.165, 1.54) is 0 Å². The molecule has 0 unspecified atom stereocenters. The van der Waals surface area contributed by atoms with E-state index in [1.54, 1.807) is 0 Å². The topological polar surface area (TPSA) is 77.8 Å². The lowest BCUT2D eigenvalue weighted by molar-refractivity contribution is 0.0949. The Morgan fingerprint density at radius 3 is 2.00 bits per heavy atom. The highest BCUT2D eigenvalue weighted by atomic mass is 19.2. The first kappa shape index (κ1) is 11.2. The van der Waals surface area contributed by atoms with E-state index in [0.717, 1.165) is 0 Å². The average molecular weight is 222 g/mol. The van der Waals surface area contributed by atoms with Crippen LogP contribution in [0.15, 0.2) is 0 Å². The number of hydrogen-bond acceptors (Lipinski definition) is 4. The molecule has 0 radical (unpaired) electrons. The summed E-state index contributed by atoms with van der Waals surface area (Å²) >= 11 is 0. The summed E-state index contributed by atoms with van der Waals surface area (Å²) in [7, 11) is 0. The number of phenols is 3. The zero-order valence-corrected chi connectivity index (χ0v) is 7.09. The van der Waals surface area contributed by atoms with Gasteiger partial charge in [-0.05, 0) is 0 Å². The van der Waals surface area contributed by atoms with Gasteiger partial charge in [0, 0.05) is 0 Å². The number of carbonyl (C=O) groups excluding carboxylic acids is 1. The van der Waals surface area contributed by atoms with Crippen LogP contribution in [0.25, 0.3) is 0 Å². The Kier molecular flexibility index (Phi) is 2.74. The Balaban J connectivity index is 3.60. The summed E-state index contributed by atoms with van der Waals surface area (Å²) < 4.78 is 37.6. The minimum Gasteiger partial charge on any atom is -0.504 e. The number of alkyl halides is 1. The van der Waals surface area contributed by atoms with Crippen LogP contribution in [-0.4, -0.2) is 27.8 Å². The first-order valence-electron chi connectivity index (χ1n) is 3.62. The number of benzene rings is 1. The first-order chi connectivity index (χ1) is 6.91. The molecule has 0 saturated heterocycles. The first-order valence-corrected chi connectivity index (χ1v) is 3.62. The van der Waals surface area contributed by atoms with Gasteiger partial charge in [-0.15, -0.1) is 0 Å². The number of rotatable bonds is 2. The highest BCUT2D eigenvalue weighted by molar-refractivity contribution is 6.00. The fraction of sp³-hybridized carbons (Fsp3) is 0.125. The number of aromatic hydroxyl groups is 3. The van der Waals surface area contributed by atoms with E-state index < -0.39 is 46.9 Å². The van der Waals surface area contributed by atoms with Crippen molar-refractivity contribution in [3.05, 3.63) is 17.2 Å². The molecule has 4 nitrogen and oxygen atoms in total. The fourth-order valence-electron chi connectivity index (χ4n) is 0.973. The molecule has 3 N–H and O–H groups in total. The summed E-state index contributed by atoms with van der Waals surface area (Å²) in [5.74, 6) is -9.73. The van der Waals surface area contributed by atoms with Gasteiger partial charge in [0.1, 0.15) is 5.56 Å². The van der Waals surface area contributed by atoms with Crippen molar-refractivity contribution >= 4 is 5.78 Å². The summed E-state index contributed by atoms with van der Waals surface area (Å²) in [6, 6.07) is 0. The number of phenolic OH excluding ortho intramolecular Hbond substituents is 3. The molecule has 0 fully saturated rings. The molecule has 0 aromatic heterocycles. The van der Waals surface area contributed by atoms with E-state index in [0.29, 0.717) is 0 Å². The largest absolute Gasteiger partial charge is 0.504 e. The molecule has 1 aromatic rings. The summed E-state index contributed by atoms with van der Waals surface area (Å²) in [5, 5.41) is 26.6. The zero-order valence-electron chi connectivity index (χ0n) is 7.09. The molecular weight excluding hydrogens is 217 g/mol. The van der Waals surface area contributed by atoms with Crippen molar-refractivity contribution in [2.24, 2.45) is 0 Å². The maximum absolute atomic E-state index is 12.9. The quantitative estimate of drug-likeness (QED) is 0.519. The number of hydrogen-bond donors (Lipinski definition) is 3. The van der Waals surface area contributed by atoms with Gasteiger partial charge in [0.25, 0.3) is 0 Å². The second-order valence-electron chi connectivity index (χ2n) is 2.61. The number of halogens is 3. The van der Waals surface area contributed by atoms with Crippen molar-refractivity contribution < 1.29 is 33.3 Å². The summed E-state index contributed by atoms with van der Waals surface area (Å²) in [6.45, 7) is -1.67. The van der Waals surface area contributed by atoms with Gasteiger partial charge < -0.3 is 15.3 Å². The van der Waals surface area contributed by atoms with Crippen LogP contribution in [0.4, 0.5) is 13.2 Å². The van der Waals surface area contributed by atoms with Gasteiger partial charge >= 0.3 is 0 Å². The van der Waals surface area contributed by atoms with Crippen LogP contribution in [-0.2, 0) is 0 Å². The van der Waals surface area contributed by atoms with Crippen LogP contribution in [0.1, 0.15) is 10.4 Å². The van der Waals surface area contributed by atoms with Gasteiger partial charge in [0.05, 0.1) is 0 Å². The van der Waals surface area contributed by atoms with Crippen LogP contribution in [0, 0.1) is 11.6 Å². The number of Topliss-reactive ketones (excluding diaryl/α,β-unsaturated/α-hetero) is 1. The Morgan fingerprint density at radius 1 is 1.00 bits per heavy atom. The van der Waals surface area contributed by atoms with Crippen molar-refractivity contribution in [1.82, 2.24) is 0 Å². The van der Waals surface area contributed by atoms with E-state index in [9.17, 15) is 18.0 Å². The van der Waals surface area contributed by atoms with Crippen LogP contribution in [0.3, 0.4) is 0 Å². The maximum Gasteiger partial charge on any atom is 0.205 e. The smallest absolute Gasteiger partial charge is 0.205 e. The number of carbonyl (C=O) groups is 1. The Hall–Kier alpha value is -1.92. The van der Waals surface area contributed by atoms with Gasteiger partial charge in [0.15, 0.2) is 18.2 Å². The molecule has 0 amide bonds. The molecule has 0 aliphatic heterocycles.